The van der Waals surface area contributed by atoms with E-state index >= 15 is 0 Å². The molecule has 1 aliphatic rings. The zero-order valence-electron chi connectivity index (χ0n) is 13.5. The summed E-state index contributed by atoms with van der Waals surface area (Å²) in [6.07, 6.45) is 4.75. The van der Waals surface area contributed by atoms with Gasteiger partial charge < -0.3 is 0 Å². The third kappa shape index (κ3) is 2.21. The van der Waals surface area contributed by atoms with Gasteiger partial charge in [-0.05, 0) is 36.5 Å². The number of fused-ring (bicyclic) bond motifs is 5. The summed E-state index contributed by atoms with van der Waals surface area (Å²) in [5.41, 5.74) is 6.07. The number of carbonyl (C=O) groups is 1. The Kier molecular flexibility index (Phi) is 3.53. The number of unbranched alkanes of at least 4 members (excludes halogenated alkanes) is 1. The number of carbonyl (C=O) groups excluding carboxylic acids is 1. The maximum absolute atomic E-state index is 12.8. The first-order chi connectivity index (χ1) is 11.3. The van der Waals surface area contributed by atoms with Gasteiger partial charge in [0.05, 0.1) is 11.2 Å². The van der Waals surface area contributed by atoms with Crippen molar-refractivity contribution in [3.63, 3.8) is 0 Å². The minimum absolute atomic E-state index is 0.218. The van der Waals surface area contributed by atoms with Gasteiger partial charge in [0.1, 0.15) is 0 Å². The highest BCUT2D eigenvalue weighted by Gasteiger charge is 2.25. The SMILES string of the molecule is CCCCc1c2n(c3ccccc13)C(=O)CCc1ccccc1-2. The number of rotatable bonds is 3. The molecular weight excluding hydrogens is 282 g/mol. The standard InChI is InChI=1S/C21H21NO/c1-2-3-9-18-17-11-6-7-12-19(17)22-20(23)14-13-15-8-4-5-10-16(15)21(18)22/h4-8,10-12H,2-3,9,13-14H2,1H3. The molecule has 0 unspecified atom stereocenters. The summed E-state index contributed by atoms with van der Waals surface area (Å²) in [4.78, 5) is 12.8. The molecule has 2 heteroatoms. The lowest BCUT2D eigenvalue weighted by molar-refractivity contribution is 0.0912. The van der Waals surface area contributed by atoms with Crippen LogP contribution in [0, 0.1) is 0 Å². The third-order valence-corrected chi connectivity index (χ3v) is 4.89. The second-order valence-electron chi connectivity index (χ2n) is 6.33. The van der Waals surface area contributed by atoms with Crippen molar-refractivity contribution < 1.29 is 4.79 Å². The molecule has 2 aromatic carbocycles. The van der Waals surface area contributed by atoms with E-state index in [1.165, 1.54) is 22.1 Å². The Labute approximate surface area is 136 Å². The molecule has 0 radical (unpaired) electrons. The topological polar surface area (TPSA) is 22.0 Å². The molecule has 0 aliphatic carbocycles. The van der Waals surface area contributed by atoms with Crippen LogP contribution in [0.15, 0.2) is 48.5 Å². The van der Waals surface area contributed by atoms with E-state index in [4.69, 9.17) is 0 Å². The molecular formula is C21H21NO. The number of hydrogen-bond donors (Lipinski definition) is 0. The highest BCUT2D eigenvalue weighted by atomic mass is 16.2. The molecule has 0 amide bonds. The molecule has 23 heavy (non-hydrogen) atoms. The van der Waals surface area contributed by atoms with Gasteiger partial charge in [0.2, 0.25) is 5.91 Å². The average Bonchev–Trinajstić information content (AvgIpc) is 2.84. The summed E-state index contributed by atoms with van der Waals surface area (Å²) in [6.45, 7) is 2.22. The lowest BCUT2D eigenvalue weighted by atomic mass is 9.96. The quantitative estimate of drug-likeness (QED) is 0.648. The zero-order chi connectivity index (χ0) is 15.8. The van der Waals surface area contributed by atoms with Crippen molar-refractivity contribution >= 4 is 16.8 Å². The molecule has 4 rings (SSSR count). The summed E-state index contributed by atoms with van der Waals surface area (Å²) in [5, 5.41) is 1.24. The fourth-order valence-corrected chi connectivity index (χ4v) is 3.78. The minimum atomic E-state index is 0.218. The maximum atomic E-state index is 12.8. The van der Waals surface area contributed by atoms with E-state index in [0.29, 0.717) is 6.42 Å². The first-order valence-corrected chi connectivity index (χ1v) is 8.55. The van der Waals surface area contributed by atoms with E-state index in [2.05, 4.69) is 49.4 Å². The van der Waals surface area contributed by atoms with E-state index in [1.807, 2.05) is 10.6 Å². The van der Waals surface area contributed by atoms with E-state index in [0.717, 1.165) is 36.9 Å². The molecule has 2 heterocycles. The monoisotopic (exact) mass is 303 g/mol. The Morgan fingerprint density at radius 3 is 2.65 bits per heavy atom. The molecule has 0 spiro atoms. The van der Waals surface area contributed by atoms with E-state index in [-0.39, 0.29) is 5.91 Å². The van der Waals surface area contributed by atoms with Crippen molar-refractivity contribution in [2.45, 2.75) is 39.0 Å². The van der Waals surface area contributed by atoms with Crippen molar-refractivity contribution in [3.05, 3.63) is 59.7 Å². The molecule has 116 valence electrons. The molecule has 0 N–H and O–H groups in total. The highest BCUT2D eigenvalue weighted by molar-refractivity contribution is 6.02. The number of benzene rings is 2. The number of aromatic nitrogens is 1. The van der Waals surface area contributed by atoms with Crippen molar-refractivity contribution in [2.75, 3.05) is 0 Å². The van der Waals surface area contributed by atoms with Gasteiger partial charge in [-0.2, -0.15) is 0 Å². The van der Waals surface area contributed by atoms with Crippen molar-refractivity contribution in [3.8, 4) is 11.3 Å². The van der Waals surface area contributed by atoms with Crippen LogP contribution in [0.1, 0.15) is 42.1 Å². The van der Waals surface area contributed by atoms with Gasteiger partial charge in [-0.1, -0.05) is 55.8 Å². The van der Waals surface area contributed by atoms with Crippen LogP contribution in [0.2, 0.25) is 0 Å². The summed E-state index contributed by atoms with van der Waals surface area (Å²) < 4.78 is 1.98. The Balaban J connectivity index is 2.10. The van der Waals surface area contributed by atoms with Gasteiger partial charge in [-0.3, -0.25) is 9.36 Å². The fourth-order valence-electron chi connectivity index (χ4n) is 3.78. The lowest BCUT2D eigenvalue weighted by Crippen LogP contribution is -2.10. The smallest absolute Gasteiger partial charge is 0.231 e. The number of aryl methyl sites for hydroxylation is 2. The Bertz CT molecular complexity index is 888. The summed E-state index contributed by atoms with van der Waals surface area (Å²) in [6, 6.07) is 16.9. The molecule has 1 aromatic heterocycles. The molecule has 0 atom stereocenters. The van der Waals surface area contributed by atoms with Crippen molar-refractivity contribution in [1.29, 1.82) is 0 Å². The van der Waals surface area contributed by atoms with Crippen LogP contribution in [0.5, 0.6) is 0 Å². The molecule has 1 aliphatic heterocycles. The van der Waals surface area contributed by atoms with Crippen LogP contribution in [0.3, 0.4) is 0 Å². The van der Waals surface area contributed by atoms with Gasteiger partial charge in [-0.15, -0.1) is 0 Å². The van der Waals surface area contributed by atoms with E-state index < -0.39 is 0 Å². The maximum Gasteiger partial charge on any atom is 0.231 e. The molecule has 0 fully saturated rings. The van der Waals surface area contributed by atoms with Gasteiger partial charge in [-0.25, -0.2) is 0 Å². The molecule has 0 bridgehead atoms. The number of hydrogen-bond acceptors (Lipinski definition) is 1. The first kappa shape index (κ1) is 14.3. The molecule has 0 saturated heterocycles. The highest BCUT2D eigenvalue weighted by Crippen LogP contribution is 2.38. The Morgan fingerprint density at radius 1 is 1.00 bits per heavy atom. The zero-order valence-corrected chi connectivity index (χ0v) is 13.5. The van der Waals surface area contributed by atoms with Crippen LogP contribution >= 0.6 is 0 Å². The van der Waals surface area contributed by atoms with Crippen molar-refractivity contribution in [1.82, 2.24) is 4.57 Å². The summed E-state index contributed by atoms with van der Waals surface area (Å²) >= 11 is 0. The normalized spacial score (nSPS) is 13.7. The Hall–Kier alpha value is -2.35. The van der Waals surface area contributed by atoms with Crippen molar-refractivity contribution in [2.24, 2.45) is 0 Å². The third-order valence-electron chi connectivity index (χ3n) is 4.89. The first-order valence-electron chi connectivity index (χ1n) is 8.55. The Morgan fingerprint density at radius 2 is 1.78 bits per heavy atom. The van der Waals surface area contributed by atoms with E-state index in [1.54, 1.807) is 0 Å². The number of nitrogens with zero attached hydrogens (tertiary/aromatic N) is 1. The number of para-hydroxylation sites is 1. The molecule has 0 saturated carbocycles. The summed E-state index contributed by atoms with van der Waals surface area (Å²) in [5.74, 6) is 0.218. The molecule has 2 nitrogen and oxygen atoms in total. The van der Waals surface area contributed by atoms with Gasteiger partial charge >= 0.3 is 0 Å². The lowest BCUT2D eigenvalue weighted by Gasteiger charge is -2.10. The minimum Gasteiger partial charge on any atom is -0.280 e. The average molecular weight is 303 g/mol. The molecule has 3 aromatic rings. The summed E-state index contributed by atoms with van der Waals surface area (Å²) in [7, 11) is 0. The fraction of sp³-hybridized carbons (Fsp3) is 0.286. The van der Waals surface area contributed by atoms with Gasteiger partial charge in [0.15, 0.2) is 0 Å². The van der Waals surface area contributed by atoms with E-state index in [9.17, 15) is 4.79 Å². The van der Waals surface area contributed by atoms with Crippen LogP contribution in [-0.2, 0) is 12.8 Å². The predicted molar refractivity (Wildman–Crippen MR) is 94.9 cm³/mol. The predicted octanol–water partition coefficient (Wildman–Crippen LogP) is 5.24. The largest absolute Gasteiger partial charge is 0.280 e. The van der Waals surface area contributed by atoms with Crippen LogP contribution in [0.4, 0.5) is 0 Å². The second-order valence-corrected chi connectivity index (χ2v) is 6.33. The van der Waals surface area contributed by atoms with Gasteiger partial charge in [0, 0.05) is 17.4 Å². The second kappa shape index (κ2) is 5.69. The van der Waals surface area contributed by atoms with Crippen LogP contribution in [0.25, 0.3) is 22.2 Å². The van der Waals surface area contributed by atoms with Crippen LogP contribution < -0.4 is 0 Å². The van der Waals surface area contributed by atoms with Gasteiger partial charge in [0.25, 0.3) is 0 Å². The van der Waals surface area contributed by atoms with Crippen LogP contribution in [-0.4, -0.2) is 10.5 Å².